The van der Waals surface area contributed by atoms with Crippen LogP contribution >= 0.6 is 0 Å². The van der Waals surface area contributed by atoms with Crippen molar-refractivity contribution in [2.75, 3.05) is 19.6 Å². The second-order valence-electron chi connectivity index (χ2n) is 7.67. The minimum absolute atomic E-state index is 0.00609. The normalized spacial score (nSPS) is 18.0. The number of likely N-dealkylation sites (tertiary alicyclic amines) is 1. The topological polar surface area (TPSA) is 38.1 Å². The van der Waals surface area contributed by atoms with Crippen molar-refractivity contribution in [1.29, 1.82) is 0 Å². The van der Waals surface area contributed by atoms with Gasteiger partial charge in [0.1, 0.15) is 17.2 Å². The highest BCUT2D eigenvalue weighted by molar-refractivity contribution is 5.91. The number of ketones is 1. The highest BCUT2D eigenvalue weighted by Gasteiger charge is 2.26. The number of aromatic nitrogens is 2. The maximum Gasteiger partial charge on any atom is 0.152 e. The minimum atomic E-state index is -0.234. The Morgan fingerprint density at radius 3 is 2.90 bits per heavy atom. The zero-order valence-electron chi connectivity index (χ0n) is 16.9. The lowest BCUT2D eigenvalue weighted by Gasteiger charge is -2.33. The molecule has 0 bridgehead atoms. The molecule has 4 nitrogen and oxygen atoms in total. The molecule has 2 heterocycles. The van der Waals surface area contributed by atoms with Crippen LogP contribution in [0.1, 0.15) is 38.3 Å². The van der Waals surface area contributed by atoms with Crippen LogP contribution in [-0.4, -0.2) is 39.9 Å². The molecule has 29 heavy (non-hydrogen) atoms. The summed E-state index contributed by atoms with van der Waals surface area (Å²) in [4.78, 5) is 18.5. The number of carbonyl (C=O) groups excluding carboxylic acids is 1. The van der Waals surface area contributed by atoms with E-state index >= 15 is 0 Å². The summed E-state index contributed by atoms with van der Waals surface area (Å²) in [7, 11) is 0. The fourth-order valence-corrected chi connectivity index (χ4v) is 4.19. The molecular weight excluding hydrogens is 365 g/mol. The number of rotatable bonds is 5. The zero-order chi connectivity index (χ0) is 20.4. The summed E-state index contributed by atoms with van der Waals surface area (Å²) < 4.78 is 17.0. The van der Waals surface area contributed by atoms with Gasteiger partial charge in [0.2, 0.25) is 0 Å². The van der Waals surface area contributed by atoms with Crippen molar-refractivity contribution in [2.45, 2.75) is 32.7 Å². The summed E-state index contributed by atoms with van der Waals surface area (Å²) in [5.41, 5.74) is 3.11. The van der Waals surface area contributed by atoms with Gasteiger partial charge in [0.15, 0.2) is 5.78 Å². The molecule has 1 aromatic heterocycles. The monoisotopic (exact) mass is 391 g/mol. The number of nitrogens with zero attached hydrogens (tertiary/aromatic N) is 3. The molecule has 1 saturated heterocycles. The largest absolute Gasteiger partial charge is 0.317 e. The minimum Gasteiger partial charge on any atom is -0.317 e. The van der Waals surface area contributed by atoms with Gasteiger partial charge in [-0.15, -0.1) is 0 Å². The highest BCUT2D eigenvalue weighted by atomic mass is 19.1. The van der Waals surface area contributed by atoms with E-state index in [1.54, 1.807) is 18.2 Å². The Balaban J connectivity index is 1.86. The highest BCUT2D eigenvalue weighted by Crippen LogP contribution is 2.34. The third-order valence-electron chi connectivity index (χ3n) is 5.61. The number of fused-ring (bicyclic) bond motifs is 1. The molecule has 1 aliphatic rings. The number of hydrogen-bond acceptors (Lipinski definition) is 3. The third kappa shape index (κ3) is 4.01. The van der Waals surface area contributed by atoms with E-state index in [-0.39, 0.29) is 17.6 Å². The number of carbonyl (C=O) groups is 1. The molecule has 1 fully saturated rings. The van der Waals surface area contributed by atoms with Crippen LogP contribution in [0.25, 0.3) is 28.5 Å². The molecule has 1 atom stereocenters. The molecule has 150 valence electrons. The number of likely N-dealkylation sites (N-methyl/N-ethyl adjacent to an activating group) is 1. The number of piperidine rings is 1. The molecule has 0 N–H and O–H groups in total. The first-order valence-electron chi connectivity index (χ1n) is 10.2. The van der Waals surface area contributed by atoms with Crippen molar-refractivity contribution >= 4 is 22.9 Å². The summed E-state index contributed by atoms with van der Waals surface area (Å²) in [6.07, 6.45) is 5.46. The van der Waals surface area contributed by atoms with Crippen LogP contribution in [0, 0.1) is 5.82 Å². The van der Waals surface area contributed by atoms with Gasteiger partial charge < -0.3 is 9.47 Å². The molecule has 2 aromatic carbocycles. The maximum atomic E-state index is 14.9. The van der Waals surface area contributed by atoms with Crippen LogP contribution in [0.4, 0.5) is 4.39 Å². The number of halogens is 1. The van der Waals surface area contributed by atoms with E-state index in [0.29, 0.717) is 11.0 Å². The molecule has 1 unspecified atom stereocenters. The van der Waals surface area contributed by atoms with Crippen molar-refractivity contribution in [3.8, 4) is 11.4 Å². The van der Waals surface area contributed by atoms with Crippen LogP contribution in [0.5, 0.6) is 0 Å². The molecule has 5 heteroatoms. The van der Waals surface area contributed by atoms with E-state index in [1.807, 2.05) is 30.3 Å². The van der Waals surface area contributed by atoms with E-state index < -0.39 is 0 Å². The molecule has 0 aliphatic carbocycles. The van der Waals surface area contributed by atoms with Gasteiger partial charge in [-0.2, -0.15) is 0 Å². The zero-order valence-corrected chi connectivity index (χ0v) is 16.9. The van der Waals surface area contributed by atoms with Gasteiger partial charge >= 0.3 is 0 Å². The second-order valence-corrected chi connectivity index (χ2v) is 7.67. The summed E-state index contributed by atoms with van der Waals surface area (Å²) in [5, 5.41) is 0. The first-order chi connectivity index (χ1) is 14.1. The van der Waals surface area contributed by atoms with Crippen molar-refractivity contribution in [3.05, 3.63) is 59.9 Å². The van der Waals surface area contributed by atoms with Crippen molar-refractivity contribution in [1.82, 2.24) is 14.5 Å². The Morgan fingerprint density at radius 1 is 1.28 bits per heavy atom. The maximum absolute atomic E-state index is 14.9. The molecule has 0 radical (unpaired) electrons. The average Bonchev–Trinajstić information content (AvgIpc) is 3.13. The van der Waals surface area contributed by atoms with Gasteiger partial charge in [-0.25, -0.2) is 9.37 Å². The van der Waals surface area contributed by atoms with Crippen molar-refractivity contribution in [3.63, 3.8) is 0 Å². The Morgan fingerprint density at radius 2 is 2.10 bits per heavy atom. The van der Waals surface area contributed by atoms with E-state index in [4.69, 9.17) is 4.98 Å². The second kappa shape index (κ2) is 8.29. The number of hydrogen-bond donors (Lipinski definition) is 0. The third-order valence-corrected chi connectivity index (χ3v) is 5.61. The van der Waals surface area contributed by atoms with Gasteiger partial charge in [-0.1, -0.05) is 37.3 Å². The summed E-state index contributed by atoms with van der Waals surface area (Å²) in [6.45, 7) is 6.67. The Hall–Kier alpha value is -2.79. The van der Waals surface area contributed by atoms with E-state index in [1.165, 1.54) is 13.0 Å². The lowest BCUT2D eigenvalue weighted by Crippen LogP contribution is -2.36. The first-order valence-corrected chi connectivity index (χ1v) is 10.2. The van der Waals surface area contributed by atoms with Gasteiger partial charge in [0, 0.05) is 18.2 Å². The predicted molar refractivity (Wildman–Crippen MR) is 115 cm³/mol. The fraction of sp³-hybridized carbons (Fsp3) is 0.333. The van der Waals surface area contributed by atoms with Gasteiger partial charge in [0.05, 0.1) is 5.52 Å². The van der Waals surface area contributed by atoms with Crippen LogP contribution in [0.2, 0.25) is 0 Å². The number of imidazole rings is 1. The van der Waals surface area contributed by atoms with E-state index in [9.17, 15) is 9.18 Å². The van der Waals surface area contributed by atoms with Crippen molar-refractivity contribution in [2.24, 2.45) is 0 Å². The predicted octanol–water partition coefficient (Wildman–Crippen LogP) is 5.10. The molecule has 0 spiro atoms. The van der Waals surface area contributed by atoms with Gasteiger partial charge in [0.25, 0.3) is 0 Å². The number of benzene rings is 2. The molecule has 4 rings (SSSR count). The van der Waals surface area contributed by atoms with E-state index in [0.717, 1.165) is 49.4 Å². The van der Waals surface area contributed by atoms with Crippen LogP contribution in [0.15, 0.2) is 48.5 Å². The quantitative estimate of drug-likeness (QED) is 0.568. The Bertz CT molecular complexity index is 1070. The smallest absolute Gasteiger partial charge is 0.152 e. The lowest BCUT2D eigenvalue weighted by molar-refractivity contribution is -0.112. The molecule has 0 amide bonds. The van der Waals surface area contributed by atoms with Gasteiger partial charge in [-0.05, 0) is 62.7 Å². The van der Waals surface area contributed by atoms with E-state index in [2.05, 4.69) is 16.4 Å². The first kappa shape index (κ1) is 19.5. The SMILES string of the molecule is CCN1CCCC(n2c(-c3cccc(/C=C/C(C)=O)c3)nc3cccc(F)c32)C1. The van der Waals surface area contributed by atoms with Gasteiger partial charge in [-0.3, -0.25) is 4.79 Å². The van der Waals surface area contributed by atoms with Crippen LogP contribution in [-0.2, 0) is 4.79 Å². The van der Waals surface area contributed by atoms with Crippen LogP contribution in [0.3, 0.4) is 0 Å². The fourth-order valence-electron chi connectivity index (χ4n) is 4.19. The molecule has 0 saturated carbocycles. The summed E-state index contributed by atoms with van der Waals surface area (Å²) >= 11 is 0. The molecule has 3 aromatic rings. The Labute approximate surface area is 170 Å². The summed E-state index contributed by atoms with van der Waals surface area (Å²) in [6, 6.07) is 13.2. The average molecular weight is 391 g/mol. The molecule has 1 aliphatic heterocycles. The van der Waals surface area contributed by atoms with Crippen molar-refractivity contribution < 1.29 is 9.18 Å². The number of para-hydroxylation sites is 1. The standard InChI is InChI=1S/C24H26FN3O/c1-3-27-14-6-9-20(16-27)28-23-21(25)10-5-11-22(23)26-24(28)19-8-4-7-18(15-19)13-12-17(2)29/h4-5,7-8,10-13,15,20H,3,6,9,14,16H2,1-2H3/b13-12+. The Kier molecular flexibility index (Phi) is 5.58. The van der Waals surface area contributed by atoms with Crippen LogP contribution < -0.4 is 0 Å². The lowest BCUT2D eigenvalue weighted by atomic mass is 10.0. The summed E-state index contributed by atoms with van der Waals surface area (Å²) in [5.74, 6) is 0.556. The molecular formula is C24H26FN3O. The number of allylic oxidation sites excluding steroid dienone is 1.